The van der Waals surface area contributed by atoms with Gasteiger partial charge < -0.3 is 19.9 Å². The van der Waals surface area contributed by atoms with Crippen LogP contribution in [0.5, 0.6) is 5.75 Å². The normalized spacial score (nSPS) is 14.3. The van der Waals surface area contributed by atoms with Crippen molar-refractivity contribution < 1.29 is 27.5 Å². The third kappa shape index (κ3) is 6.63. The van der Waals surface area contributed by atoms with Crippen LogP contribution in [0, 0.1) is 0 Å². The van der Waals surface area contributed by atoms with Gasteiger partial charge in [-0.3, -0.25) is 9.59 Å². The first-order valence-corrected chi connectivity index (χ1v) is 9.97. The van der Waals surface area contributed by atoms with Crippen molar-refractivity contribution >= 4 is 17.5 Å². The average molecular weight is 435 g/mol. The lowest BCUT2D eigenvalue weighted by Gasteiger charge is -2.36. The van der Waals surface area contributed by atoms with Crippen LogP contribution in [0.2, 0.25) is 0 Å². The maximum atomic E-state index is 12.5. The lowest BCUT2D eigenvalue weighted by Crippen LogP contribution is -2.49. The molecular weight excluding hydrogens is 411 g/mol. The molecule has 1 aliphatic rings. The van der Waals surface area contributed by atoms with E-state index in [1.807, 2.05) is 30.3 Å². The van der Waals surface area contributed by atoms with Gasteiger partial charge in [0.05, 0.1) is 5.56 Å². The van der Waals surface area contributed by atoms with Gasteiger partial charge in [-0.1, -0.05) is 18.2 Å². The van der Waals surface area contributed by atoms with E-state index in [9.17, 15) is 22.8 Å². The third-order valence-electron chi connectivity index (χ3n) is 4.97. The number of ether oxygens (including phenoxy) is 1. The SMILES string of the molecule is O=C(COc1ccc(C(F)(F)F)cc1)NCCC(=O)N1CCN(c2ccccc2)CC1. The summed E-state index contributed by atoms with van der Waals surface area (Å²) in [7, 11) is 0. The van der Waals surface area contributed by atoms with Gasteiger partial charge in [0.1, 0.15) is 5.75 Å². The fourth-order valence-corrected chi connectivity index (χ4v) is 3.26. The van der Waals surface area contributed by atoms with E-state index in [1.165, 1.54) is 0 Å². The molecule has 1 aliphatic heterocycles. The predicted octanol–water partition coefficient (Wildman–Crippen LogP) is 2.94. The standard InChI is InChI=1S/C22H24F3N3O3/c23-22(24,25)17-6-8-19(9-7-17)31-16-20(29)26-11-10-21(30)28-14-12-27(13-15-28)18-4-2-1-3-5-18/h1-9H,10-16H2,(H,26,29). The molecule has 0 unspecified atom stereocenters. The minimum absolute atomic E-state index is 0.0309. The fourth-order valence-electron chi connectivity index (χ4n) is 3.26. The molecule has 0 bridgehead atoms. The van der Waals surface area contributed by atoms with Crippen LogP contribution >= 0.6 is 0 Å². The van der Waals surface area contributed by atoms with E-state index in [1.54, 1.807) is 4.90 Å². The van der Waals surface area contributed by atoms with Crippen LogP contribution in [0.3, 0.4) is 0 Å². The molecule has 0 aliphatic carbocycles. The highest BCUT2D eigenvalue weighted by Crippen LogP contribution is 2.30. The van der Waals surface area contributed by atoms with Crippen LogP contribution in [0.25, 0.3) is 0 Å². The summed E-state index contributed by atoms with van der Waals surface area (Å²) in [4.78, 5) is 28.2. The number of nitrogens with zero attached hydrogens (tertiary/aromatic N) is 2. The summed E-state index contributed by atoms with van der Waals surface area (Å²) in [5.41, 5.74) is 0.349. The number of alkyl halides is 3. The van der Waals surface area contributed by atoms with Crippen LogP contribution in [0.4, 0.5) is 18.9 Å². The Labute approximate surface area is 178 Å². The monoisotopic (exact) mass is 435 g/mol. The van der Waals surface area contributed by atoms with Gasteiger partial charge in [-0.25, -0.2) is 0 Å². The van der Waals surface area contributed by atoms with Gasteiger partial charge in [-0.2, -0.15) is 13.2 Å². The molecule has 3 rings (SSSR count). The Bertz CT molecular complexity index is 865. The number of carbonyl (C=O) groups excluding carboxylic acids is 2. The van der Waals surface area contributed by atoms with Gasteiger partial charge in [0, 0.05) is 44.8 Å². The van der Waals surface area contributed by atoms with Crippen molar-refractivity contribution in [2.24, 2.45) is 0 Å². The van der Waals surface area contributed by atoms with Gasteiger partial charge in [0.25, 0.3) is 5.91 Å². The number of piperazine rings is 1. The highest BCUT2D eigenvalue weighted by Gasteiger charge is 2.30. The molecule has 2 aromatic rings. The molecule has 1 N–H and O–H groups in total. The van der Waals surface area contributed by atoms with E-state index in [4.69, 9.17) is 4.74 Å². The molecule has 0 aromatic heterocycles. The fraction of sp³-hybridized carbons (Fsp3) is 0.364. The summed E-state index contributed by atoms with van der Waals surface area (Å²) in [6, 6.07) is 14.1. The molecule has 2 aromatic carbocycles. The molecule has 1 saturated heterocycles. The smallest absolute Gasteiger partial charge is 0.416 e. The Morgan fingerprint density at radius 2 is 1.58 bits per heavy atom. The van der Waals surface area contributed by atoms with Crippen molar-refractivity contribution in [2.75, 3.05) is 44.2 Å². The number of amides is 2. The quantitative estimate of drug-likeness (QED) is 0.727. The molecule has 9 heteroatoms. The van der Waals surface area contributed by atoms with E-state index in [-0.39, 0.29) is 31.2 Å². The molecule has 166 valence electrons. The van der Waals surface area contributed by atoms with Crippen LogP contribution in [-0.2, 0) is 15.8 Å². The van der Waals surface area contributed by atoms with E-state index >= 15 is 0 Å². The van der Waals surface area contributed by atoms with Crippen LogP contribution in [-0.4, -0.2) is 56.0 Å². The summed E-state index contributed by atoms with van der Waals surface area (Å²) in [6.45, 7) is 2.59. The van der Waals surface area contributed by atoms with Crippen molar-refractivity contribution in [2.45, 2.75) is 12.6 Å². The minimum Gasteiger partial charge on any atom is -0.484 e. The van der Waals surface area contributed by atoms with E-state index in [0.717, 1.165) is 43.0 Å². The third-order valence-corrected chi connectivity index (χ3v) is 4.97. The Balaban J connectivity index is 1.33. The lowest BCUT2D eigenvalue weighted by atomic mass is 10.2. The van der Waals surface area contributed by atoms with E-state index in [2.05, 4.69) is 10.2 Å². The second-order valence-corrected chi connectivity index (χ2v) is 7.11. The van der Waals surface area contributed by atoms with Crippen LogP contribution in [0.1, 0.15) is 12.0 Å². The molecule has 2 amide bonds. The maximum Gasteiger partial charge on any atom is 0.416 e. The molecule has 1 fully saturated rings. The summed E-state index contributed by atoms with van der Waals surface area (Å²) in [6.07, 6.45) is -4.24. The number of rotatable bonds is 7. The summed E-state index contributed by atoms with van der Waals surface area (Å²) in [5.74, 6) is -0.311. The summed E-state index contributed by atoms with van der Waals surface area (Å²) < 4.78 is 42.8. The first-order chi connectivity index (χ1) is 14.8. The van der Waals surface area contributed by atoms with Crippen molar-refractivity contribution in [3.05, 3.63) is 60.2 Å². The summed E-state index contributed by atoms with van der Waals surface area (Å²) in [5, 5.41) is 2.59. The number of benzene rings is 2. The number of halogens is 3. The lowest BCUT2D eigenvalue weighted by molar-refractivity contribution is -0.137. The number of carbonyl (C=O) groups is 2. The second-order valence-electron chi connectivity index (χ2n) is 7.11. The van der Waals surface area contributed by atoms with Gasteiger partial charge >= 0.3 is 6.18 Å². The highest BCUT2D eigenvalue weighted by atomic mass is 19.4. The largest absolute Gasteiger partial charge is 0.484 e. The predicted molar refractivity (Wildman–Crippen MR) is 110 cm³/mol. The molecular formula is C22H24F3N3O3. The first-order valence-electron chi connectivity index (χ1n) is 9.97. The number of anilines is 1. The molecule has 6 nitrogen and oxygen atoms in total. The van der Waals surface area contributed by atoms with Crippen molar-refractivity contribution in [3.63, 3.8) is 0 Å². The topological polar surface area (TPSA) is 61.9 Å². The van der Waals surface area contributed by atoms with Gasteiger partial charge in [-0.15, -0.1) is 0 Å². The Hall–Kier alpha value is -3.23. The molecule has 31 heavy (non-hydrogen) atoms. The molecule has 0 spiro atoms. The van der Waals surface area contributed by atoms with Gasteiger partial charge in [0.15, 0.2) is 6.61 Å². The van der Waals surface area contributed by atoms with Crippen LogP contribution < -0.4 is 15.0 Å². The number of hydrogen-bond acceptors (Lipinski definition) is 4. The Kier molecular flexibility index (Phi) is 7.38. The summed E-state index contributed by atoms with van der Waals surface area (Å²) >= 11 is 0. The Morgan fingerprint density at radius 1 is 0.935 bits per heavy atom. The molecule has 0 saturated carbocycles. The van der Waals surface area contributed by atoms with Crippen LogP contribution in [0.15, 0.2) is 54.6 Å². The highest BCUT2D eigenvalue weighted by molar-refractivity contribution is 5.80. The zero-order chi connectivity index (χ0) is 22.3. The molecule has 0 atom stereocenters. The minimum atomic E-state index is -4.42. The van der Waals surface area contributed by atoms with Crippen molar-refractivity contribution in [1.29, 1.82) is 0 Å². The maximum absolute atomic E-state index is 12.5. The van der Waals surface area contributed by atoms with Crippen molar-refractivity contribution in [1.82, 2.24) is 10.2 Å². The zero-order valence-electron chi connectivity index (χ0n) is 16.9. The molecule has 1 heterocycles. The van der Waals surface area contributed by atoms with Gasteiger partial charge in [-0.05, 0) is 36.4 Å². The van der Waals surface area contributed by atoms with E-state index < -0.39 is 17.6 Å². The van der Waals surface area contributed by atoms with Crippen molar-refractivity contribution in [3.8, 4) is 5.75 Å². The van der Waals surface area contributed by atoms with Gasteiger partial charge in [0.2, 0.25) is 5.91 Å². The zero-order valence-corrected chi connectivity index (χ0v) is 16.9. The molecule has 0 radical (unpaired) electrons. The first kappa shape index (κ1) is 22.5. The second kappa shape index (κ2) is 10.2. The number of para-hydroxylation sites is 1. The van der Waals surface area contributed by atoms with E-state index in [0.29, 0.717) is 13.1 Å². The average Bonchev–Trinajstić information content (AvgIpc) is 2.78. The number of hydrogen-bond donors (Lipinski definition) is 1. The number of nitrogens with one attached hydrogen (secondary N) is 1. The Morgan fingerprint density at radius 3 is 2.19 bits per heavy atom.